The summed E-state index contributed by atoms with van der Waals surface area (Å²) in [4.78, 5) is 17.2. The smallest absolute Gasteiger partial charge is 0.261 e. The van der Waals surface area contributed by atoms with Gasteiger partial charge in [-0.25, -0.2) is 0 Å². The molecule has 4 rings (SSSR count). The molecule has 0 saturated heterocycles. The van der Waals surface area contributed by atoms with Gasteiger partial charge in [-0.3, -0.25) is 9.48 Å². The van der Waals surface area contributed by atoms with E-state index < -0.39 is 6.10 Å². The van der Waals surface area contributed by atoms with Crippen molar-refractivity contribution in [2.24, 2.45) is 7.05 Å². The Labute approximate surface area is 181 Å². The average molecular weight is 415 g/mol. The molecule has 0 bridgehead atoms. The molecule has 4 aromatic rings. The standard InChI is InChI=1S/C25H26N4O2/c1-16-10-12-19(13-11-16)15-26-25(30)18(3)31-22-14-21(20-8-6-5-7-9-20)23-17(2)28-29(4)24(23)27-22/h5-14,18H,15H2,1-4H3,(H,26,30)/t18-/m0/s1. The fourth-order valence-corrected chi connectivity index (χ4v) is 3.60. The van der Waals surface area contributed by atoms with Gasteiger partial charge in [0.1, 0.15) is 0 Å². The van der Waals surface area contributed by atoms with E-state index in [2.05, 4.69) is 15.4 Å². The number of amides is 1. The van der Waals surface area contributed by atoms with Crippen LogP contribution < -0.4 is 10.1 Å². The second kappa shape index (κ2) is 8.60. The van der Waals surface area contributed by atoms with Crippen LogP contribution in [0.3, 0.4) is 0 Å². The van der Waals surface area contributed by atoms with Crippen molar-refractivity contribution in [1.29, 1.82) is 0 Å². The molecule has 0 unspecified atom stereocenters. The Kier molecular flexibility index (Phi) is 5.71. The van der Waals surface area contributed by atoms with E-state index in [0.717, 1.165) is 33.4 Å². The van der Waals surface area contributed by atoms with E-state index in [1.165, 1.54) is 5.56 Å². The summed E-state index contributed by atoms with van der Waals surface area (Å²) in [6, 6.07) is 20.0. The summed E-state index contributed by atoms with van der Waals surface area (Å²) in [5.74, 6) is 0.206. The lowest BCUT2D eigenvalue weighted by Gasteiger charge is -2.15. The average Bonchev–Trinajstić information content (AvgIpc) is 3.06. The molecular formula is C25H26N4O2. The molecule has 2 heterocycles. The normalized spacial score (nSPS) is 12.0. The number of hydrogen-bond donors (Lipinski definition) is 1. The third-order valence-electron chi connectivity index (χ3n) is 5.28. The molecule has 158 valence electrons. The van der Waals surface area contributed by atoms with Gasteiger partial charge in [0.25, 0.3) is 5.91 Å². The number of aromatic nitrogens is 3. The van der Waals surface area contributed by atoms with E-state index in [-0.39, 0.29) is 5.91 Å². The first kappa shape index (κ1) is 20.6. The zero-order valence-corrected chi connectivity index (χ0v) is 18.2. The number of benzene rings is 2. The Balaban J connectivity index is 1.57. The van der Waals surface area contributed by atoms with E-state index in [1.54, 1.807) is 11.6 Å². The van der Waals surface area contributed by atoms with Crippen LogP contribution in [0.4, 0.5) is 0 Å². The number of rotatable bonds is 6. The largest absolute Gasteiger partial charge is 0.464 e. The third-order valence-corrected chi connectivity index (χ3v) is 5.28. The summed E-state index contributed by atoms with van der Waals surface area (Å²) >= 11 is 0. The van der Waals surface area contributed by atoms with Crippen molar-refractivity contribution in [1.82, 2.24) is 20.1 Å². The Morgan fingerprint density at radius 2 is 1.81 bits per heavy atom. The molecule has 0 radical (unpaired) electrons. The summed E-state index contributed by atoms with van der Waals surface area (Å²) in [5, 5.41) is 8.43. The maximum Gasteiger partial charge on any atom is 0.261 e. The highest BCUT2D eigenvalue weighted by Gasteiger charge is 2.19. The first-order valence-corrected chi connectivity index (χ1v) is 10.3. The Morgan fingerprint density at radius 3 is 2.52 bits per heavy atom. The van der Waals surface area contributed by atoms with Crippen molar-refractivity contribution in [3.63, 3.8) is 0 Å². The predicted molar refractivity (Wildman–Crippen MR) is 122 cm³/mol. The number of carbonyl (C=O) groups is 1. The first-order valence-electron chi connectivity index (χ1n) is 10.3. The Hall–Kier alpha value is -3.67. The number of aryl methyl sites for hydroxylation is 3. The van der Waals surface area contributed by atoms with Crippen LogP contribution in [0.2, 0.25) is 0 Å². The monoisotopic (exact) mass is 414 g/mol. The molecular weight excluding hydrogens is 388 g/mol. The highest BCUT2D eigenvalue weighted by molar-refractivity contribution is 5.95. The van der Waals surface area contributed by atoms with Crippen molar-refractivity contribution in [2.75, 3.05) is 0 Å². The second-order valence-electron chi connectivity index (χ2n) is 7.75. The SMILES string of the molecule is Cc1ccc(CNC(=O)[C@H](C)Oc2cc(-c3ccccc3)c3c(C)nn(C)c3n2)cc1. The van der Waals surface area contributed by atoms with E-state index in [1.807, 2.05) is 81.6 Å². The van der Waals surface area contributed by atoms with Crippen molar-refractivity contribution in [3.8, 4) is 17.0 Å². The van der Waals surface area contributed by atoms with Gasteiger partial charge in [-0.2, -0.15) is 10.1 Å². The van der Waals surface area contributed by atoms with Gasteiger partial charge in [0, 0.05) is 19.7 Å². The fraction of sp³-hybridized carbons (Fsp3) is 0.240. The van der Waals surface area contributed by atoms with Crippen LogP contribution in [-0.2, 0) is 18.4 Å². The first-order chi connectivity index (χ1) is 14.9. The quantitative estimate of drug-likeness (QED) is 0.510. The van der Waals surface area contributed by atoms with Crippen molar-refractivity contribution in [3.05, 3.63) is 77.5 Å². The summed E-state index contributed by atoms with van der Waals surface area (Å²) in [7, 11) is 1.86. The molecule has 6 heteroatoms. The van der Waals surface area contributed by atoms with Crippen molar-refractivity contribution < 1.29 is 9.53 Å². The van der Waals surface area contributed by atoms with Gasteiger partial charge in [-0.15, -0.1) is 0 Å². The molecule has 6 nitrogen and oxygen atoms in total. The van der Waals surface area contributed by atoms with Crippen LogP contribution in [0.25, 0.3) is 22.2 Å². The maximum atomic E-state index is 12.6. The number of ether oxygens (including phenoxy) is 1. The minimum absolute atomic E-state index is 0.190. The number of carbonyl (C=O) groups excluding carboxylic acids is 1. The lowest BCUT2D eigenvalue weighted by Crippen LogP contribution is -2.36. The number of nitrogens with zero attached hydrogens (tertiary/aromatic N) is 3. The van der Waals surface area contributed by atoms with Gasteiger partial charge < -0.3 is 10.1 Å². The lowest BCUT2D eigenvalue weighted by atomic mass is 10.0. The Bertz CT molecular complexity index is 1210. The van der Waals surface area contributed by atoms with E-state index >= 15 is 0 Å². The van der Waals surface area contributed by atoms with Gasteiger partial charge >= 0.3 is 0 Å². The van der Waals surface area contributed by atoms with E-state index in [0.29, 0.717) is 12.4 Å². The molecule has 0 spiro atoms. The van der Waals surface area contributed by atoms with E-state index in [4.69, 9.17) is 4.74 Å². The molecule has 1 N–H and O–H groups in total. The zero-order chi connectivity index (χ0) is 22.0. The van der Waals surface area contributed by atoms with Crippen LogP contribution in [0.15, 0.2) is 60.7 Å². The van der Waals surface area contributed by atoms with Gasteiger partial charge in [0.15, 0.2) is 11.8 Å². The zero-order valence-electron chi connectivity index (χ0n) is 18.2. The molecule has 0 aliphatic heterocycles. The highest BCUT2D eigenvalue weighted by atomic mass is 16.5. The summed E-state index contributed by atoms with van der Waals surface area (Å²) in [6.07, 6.45) is -0.687. The fourth-order valence-electron chi connectivity index (χ4n) is 3.60. The third kappa shape index (κ3) is 4.43. The molecule has 0 aliphatic carbocycles. The molecule has 0 saturated carbocycles. The van der Waals surface area contributed by atoms with Gasteiger partial charge in [-0.1, -0.05) is 60.2 Å². The molecule has 0 fully saturated rings. The molecule has 2 aromatic heterocycles. The topological polar surface area (TPSA) is 69.0 Å². The Morgan fingerprint density at radius 1 is 1.10 bits per heavy atom. The summed E-state index contributed by atoms with van der Waals surface area (Å²) in [5.41, 5.74) is 5.89. The molecule has 0 aliphatic rings. The summed E-state index contributed by atoms with van der Waals surface area (Å²) < 4.78 is 7.70. The number of pyridine rings is 1. The van der Waals surface area contributed by atoms with Crippen LogP contribution in [0, 0.1) is 13.8 Å². The van der Waals surface area contributed by atoms with Crippen LogP contribution in [0.5, 0.6) is 5.88 Å². The molecule has 1 amide bonds. The van der Waals surface area contributed by atoms with Gasteiger partial charge in [0.2, 0.25) is 5.88 Å². The van der Waals surface area contributed by atoms with Crippen LogP contribution in [-0.4, -0.2) is 26.8 Å². The van der Waals surface area contributed by atoms with Crippen LogP contribution in [0.1, 0.15) is 23.7 Å². The van der Waals surface area contributed by atoms with Crippen molar-refractivity contribution in [2.45, 2.75) is 33.4 Å². The molecule has 1 atom stereocenters. The second-order valence-corrected chi connectivity index (χ2v) is 7.75. The number of nitrogens with one attached hydrogen (secondary N) is 1. The van der Waals surface area contributed by atoms with E-state index in [9.17, 15) is 4.79 Å². The highest BCUT2D eigenvalue weighted by Crippen LogP contribution is 2.33. The minimum atomic E-state index is -0.687. The summed E-state index contributed by atoms with van der Waals surface area (Å²) in [6.45, 7) is 6.19. The molecule has 2 aromatic carbocycles. The molecule has 31 heavy (non-hydrogen) atoms. The van der Waals surface area contributed by atoms with Gasteiger partial charge in [0.05, 0.1) is 11.1 Å². The number of fused-ring (bicyclic) bond motifs is 1. The predicted octanol–water partition coefficient (Wildman–Crippen LogP) is 4.34. The van der Waals surface area contributed by atoms with Crippen LogP contribution >= 0.6 is 0 Å². The van der Waals surface area contributed by atoms with Gasteiger partial charge in [-0.05, 0) is 37.5 Å². The number of hydrogen-bond acceptors (Lipinski definition) is 4. The van der Waals surface area contributed by atoms with Crippen molar-refractivity contribution >= 4 is 16.9 Å². The lowest BCUT2D eigenvalue weighted by molar-refractivity contribution is -0.127. The maximum absolute atomic E-state index is 12.6. The minimum Gasteiger partial charge on any atom is -0.464 e.